The Hall–Kier alpha value is -1.58. The second-order valence-electron chi connectivity index (χ2n) is 4.96. The predicted octanol–water partition coefficient (Wildman–Crippen LogP) is 3.15. The van der Waals surface area contributed by atoms with E-state index in [1.165, 1.54) is 5.56 Å². The molecule has 19 heavy (non-hydrogen) atoms. The third-order valence-corrected chi connectivity index (χ3v) is 3.63. The zero-order valence-corrected chi connectivity index (χ0v) is 10.9. The minimum absolute atomic E-state index is 0.227. The summed E-state index contributed by atoms with van der Waals surface area (Å²) in [5, 5.41) is 3.46. The summed E-state index contributed by atoms with van der Waals surface area (Å²) in [5.74, 6) is 1.52. The molecule has 2 atom stereocenters. The summed E-state index contributed by atoms with van der Waals surface area (Å²) >= 11 is 0. The fourth-order valence-electron chi connectivity index (χ4n) is 2.65. The molecule has 0 aliphatic carbocycles. The van der Waals surface area contributed by atoms with Crippen molar-refractivity contribution < 1.29 is 9.15 Å². The maximum Gasteiger partial charge on any atom is 0.117 e. The van der Waals surface area contributed by atoms with E-state index in [0.29, 0.717) is 5.92 Å². The van der Waals surface area contributed by atoms with Crippen LogP contribution in [-0.2, 0) is 11.3 Å². The molecule has 1 fully saturated rings. The molecule has 2 aromatic rings. The standard InChI is InChI=1S/C16H19NO2/c1-2-5-13(6-3-1)16-14(8-10-19-16)11-17-12-15-7-4-9-18-15/h1-7,9,14,16-17H,8,10-12H2/t14-,16-/m1/s1. The molecule has 1 aliphatic rings. The van der Waals surface area contributed by atoms with Crippen molar-refractivity contribution in [3.8, 4) is 0 Å². The third kappa shape index (κ3) is 3.06. The van der Waals surface area contributed by atoms with Gasteiger partial charge in [0.2, 0.25) is 0 Å². The Morgan fingerprint density at radius 3 is 2.79 bits per heavy atom. The molecule has 0 spiro atoms. The lowest BCUT2D eigenvalue weighted by atomic mass is 9.95. The Morgan fingerprint density at radius 1 is 1.11 bits per heavy atom. The first-order valence-electron chi connectivity index (χ1n) is 6.83. The molecule has 1 N–H and O–H groups in total. The van der Waals surface area contributed by atoms with E-state index in [2.05, 4.69) is 29.6 Å². The molecule has 1 saturated heterocycles. The van der Waals surface area contributed by atoms with Gasteiger partial charge in [0.05, 0.1) is 18.9 Å². The van der Waals surface area contributed by atoms with Gasteiger partial charge in [-0.1, -0.05) is 30.3 Å². The SMILES string of the molecule is c1ccc([C@H]2OCC[C@@H]2CNCc2ccco2)cc1. The van der Waals surface area contributed by atoms with E-state index >= 15 is 0 Å². The van der Waals surface area contributed by atoms with Gasteiger partial charge < -0.3 is 14.5 Å². The molecule has 0 amide bonds. The Morgan fingerprint density at radius 2 is 2.00 bits per heavy atom. The largest absolute Gasteiger partial charge is 0.468 e. The van der Waals surface area contributed by atoms with Crippen molar-refractivity contribution in [3.63, 3.8) is 0 Å². The number of nitrogens with one attached hydrogen (secondary N) is 1. The van der Waals surface area contributed by atoms with Gasteiger partial charge in [-0.3, -0.25) is 0 Å². The fraction of sp³-hybridized carbons (Fsp3) is 0.375. The first kappa shape index (κ1) is 12.5. The summed E-state index contributed by atoms with van der Waals surface area (Å²) < 4.78 is 11.2. The number of furan rings is 1. The van der Waals surface area contributed by atoms with Crippen LogP contribution in [0.3, 0.4) is 0 Å². The van der Waals surface area contributed by atoms with Gasteiger partial charge in [-0.2, -0.15) is 0 Å². The van der Waals surface area contributed by atoms with Crippen LogP contribution in [0.5, 0.6) is 0 Å². The van der Waals surface area contributed by atoms with Gasteiger partial charge in [-0.05, 0) is 24.1 Å². The van der Waals surface area contributed by atoms with Crippen LogP contribution >= 0.6 is 0 Å². The van der Waals surface area contributed by atoms with E-state index in [-0.39, 0.29) is 6.10 Å². The van der Waals surface area contributed by atoms with Gasteiger partial charge in [-0.15, -0.1) is 0 Å². The van der Waals surface area contributed by atoms with Crippen molar-refractivity contribution >= 4 is 0 Å². The molecule has 3 nitrogen and oxygen atoms in total. The normalized spacial score (nSPS) is 22.7. The Bertz CT molecular complexity index is 481. The highest BCUT2D eigenvalue weighted by atomic mass is 16.5. The van der Waals surface area contributed by atoms with Crippen LogP contribution < -0.4 is 5.32 Å². The summed E-state index contributed by atoms with van der Waals surface area (Å²) in [6.07, 6.45) is 3.05. The number of ether oxygens (including phenoxy) is 1. The lowest BCUT2D eigenvalue weighted by Crippen LogP contribution is -2.24. The zero-order valence-electron chi connectivity index (χ0n) is 10.9. The highest BCUT2D eigenvalue weighted by Gasteiger charge is 2.28. The summed E-state index contributed by atoms with van der Waals surface area (Å²) in [6, 6.07) is 14.4. The molecule has 0 unspecified atom stereocenters. The average Bonchev–Trinajstić information content (AvgIpc) is 3.11. The van der Waals surface area contributed by atoms with E-state index in [0.717, 1.165) is 31.9 Å². The van der Waals surface area contributed by atoms with E-state index in [4.69, 9.17) is 9.15 Å². The van der Waals surface area contributed by atoms with E-state index in [1.54, 1.807) is 6.26 Å². The monoisotopic (exact) mass is 257 g/mol. The van der Waals surface area contributed by atoms with Crippen LogP contribution in [0.4, 0.5) is 0 Å². The Kier molecular flexibility index (Phi) is 3.96. The molecule has 1 aromatic carbocycles. The van der Waals surface area contributed by atoms with E-state index in [1.807, 2.05) is 18.2 Å². The number of benzene rings is 1. The van der Waals surface area contributed by atoms with Gasteiger partial charge in [-0.25, -0.2) is 0 Å². The Labute approximate surface area is 113 Å². The maximum absolute atomic E-state index is 5.88. The highest BCUT2D eigenvalue weighted by molar-refractivity contribution is 5.19. The molecule has 1 aromatic heterocycles. The molecular formula is C16H19NO2. The molecule has 0 bridgehead atoms. The number of hydrogen-bond donors (Lipinski definition) is 1. The van der Waals surface area contributed by atoms with Crippen LogP contribution in [-0.4, -0.2) is 13.2 Å². The predicted molar refractivity (Wildman–Crippen MR) is 73.7 cm³/mol. The molecule has 0 radical (unpaired) electrons. The smallest absolute Gasteiger partial charge is 0.117 e. The molecule has 100 valence electrons. The second-order valence-corrected chi connectivity index (χ2v) is 4.96. The van der Waals surface area contributed by atoms with Crippen molar-refractivity contribution in [2.24, 2.45) is 5.92 Å². The van der Waals surface area contributed by atoms with Crippen LogP contribution in [0.25, 0.3) is 0 Å². The molecule has 2 heterocycles. The first-order chi connectivity index (χ1) is 9.43. The van der Waals surface area contributed by atoms with Crippen molar-refractivity contribution in [2.45, 2.75) is 19.1 Å². The van der Waals surface area contributed by atoms with Gasteiger partial charge in [0.1, 0.15) is 5.76 Å². The van der Waals surface area contributed by atoms with Gasteiger partial charge in [0.15, 0.2) is 0 Å². The number of rotatable bonds is 5. The average molecular weight is 257 g/mol. The van der Waals surface area contributed by atoms with E-state index in [9.17, 15) is 0 Å². The van der Waals surface area contributed by atoms with Gasteiger partial charge in [0.25, 0.3) is 0 Å². The quantitative estimate of drug-likeness (QED) is 0.893. The molecule has 3 heteroatoms. The Balaban J connectivity index is 1.55. The zero-order chi connectivity index (χ0) is 12.9. The lowest BCUT2D eigenvalue weighted by molar-refractivity contribution is 0.0903. The van der Waals surface area contributed by atoms with Gasteiger partial charge >= 0.3 is 0 Å². The molecule has 0 saturated carbocycles. The van der Waals surface area contributed by atoms with Crippen molar-refractivity contribution in [1.29, 1.82) is 0 Å². The maximum atomic E-state index is 5.88. The van der Waals surface area contributed by atoms with Gasteiger partial charge in [0, 0.05) is 19.1 Å². The van der Waals surface area contributed by atoms with Crippen LogP contribution in [0.2, 0.25) is 0 Å². The van der Waals surface area contributed by atoms with Crippen molar-refractivity contribution in [2.75, 3.05) is 13.2 Å². The summed E-state index contributed by atoms with van der Waals surface area (Å²) in [7, 11) is 0. The van der Waals surface area contributed by atoms with Crippen LogP contribution in [0, 0.1) is 5.92 Å². The summed E-state index contributed by atoms with van der Waals surface area (Å²) in [6.45, 7) is 2.60. The molecule has 3 rings (SSSR count). The summed E-state index contributed by atoms with van der Waals surface area (Å²) in [5.41, 5.74) is 1.28. The topological polar surface area (TPSA) is 34.4 Å². The first-order valence-corrected chi connectivity index (χ1v) is 6.83. The summed E-state index contributed by atoms with van der Waals surface area (Å²) in [4.78, 5) is 0. The number of hydrogen-bond acceptors (Lipinski definition) is 3. The van der Waals surface area contributed by atoms with Crippen LogP contribution in [0.15, 0.2) is 53.1 Å². The van der Waals surface area contributed by atoms with Crippen molar-refractivity contribution in [1.82, 2.24) is 5.32 Å². The minimum Gasteiger partial charge on any atom is -0.468 e. The highest BCUT2D eigenvalue weighted by Crippen LogP contribution is 2.33. The van der Waals surface area contributed by atoms with E-state index < -0.39 is 0 Å². The minimum atomic E-state index is 0.227. The second kappa shape index (κ2) is 6.04. The van der Waals surface area contributed by atoms with Crippen LogP contribution in [0.1, 0.15) is 23.8 Å². The molecular weight excluding hydrogens is 238 g/mol. The molecule has 1 aliphatic heterocycles. The lowest BCUT2D eigenvalue weighted by Gasteiger charge is -2.19. The fourth-order valence-corrected chi connectivity index (χ4v) is 2.65. The third-order valence-electron chi connectivity index (χ3n) is 3.63. The van der Waals surface area contributed by atoms with Crippen molar-refractivity contribution in [3.05, 3.63) is 60.1 Å².